The van der Waals surface area contributed by atoms with Gasteiger partial charge in [0.25, 0.3) is 0 Å². The third-order valence-corrected chi connectivity index (χ3v) is 11.8. The van der Waals surface area contributed by atoms with Gasteiger partial charge in [0.05, 0.1) is 59.3 Å². The van der Waals surface area contributed by atoms with Crippen molar-refractivity contribution in [3.05, 3.63) is 66.7 Å². The average Bonchev–Trinajstić information content (AvgIpc) is 3.98. The maximum atomic E-state index is 12.3. The lowest BCUT2D eigenvalue weighted by molar-refractivity contribution is -0.134. The Morgan fingerprint density at radius 3 is 2.60 bits per heavy atom. The maximum absolute atomic E-state index is 12.3. The zero-order chi connectivity index (χ0) is 35.7. The number of carbonyl (C=O) groups is 2. The van der Waals surface area contributed by atoms with Gasteiger partial charge < -0.3 is 19.9 Å². The Kier molecular flexibility index (Phi) is 9.42. The molecule has 2 atom stereocenters. The summed E-state index contributed by atoms with van der Waals surface area (Å²) in [5.41, 5.74) is 6.40. The Bertz CT molecular complexity index is 2080. The largest absolute Gasteiger partial charge is 0.370 e. The summed E-state index contributed by atoms with van der Waals surface area (Å²) in [6.45, 7) is 7.99. The van der Waals surface area contributed by atoms with Crippen molar-refractivity contribution in [2.24, 2.45) is 5.92 Å². The molecule has 5 aromatic heterocycles. The Morgan fingerprint density at radius 1 is 0.925 bits per heavy atom. The SMILES string of the molecule is O=C1CC[C@H](c2ccc(N3CCC(CN4CCN(c5nnc(-c6cnc(-c7ccc8cccnn78)cc6NC6COCN6)s5)CC4)CC3)cn2)C(=O)N1. The van der Waals surface area contributed by atoms with E-state index in [9.17, 15) is 9.59 Å². The van der Waals surface area contributed by atoms with Crippen LogP contribution in [0.25, 0.3) is 27.5 Å². The van der Waals surface area contributed by atoms with E-state index in [-0.39, 0.29) is 23.9 Å². The Labute approximate surface area is 310 Å². The quantitative estimate of drug-likeness (QED) is 0.190. The number of aromatic nitrogens is 6. The van der Waals surface area contributed by atoms with Crippen LogP contribution in [0.4, 0.5) is 16.5 Å². The third-order valence-electron chi connectivity index (χ3n) is 10.8. The van der Waals surface area contributed by atoms with Crippen LogP contribution < -0.4 is 25.8 Å². The van der Waals surface area contributed by atoms with Gasteiger partial charge in [0, 0.05) is 70.3 Å². The first-order chi connectivity index (χ1) is 26.0. The van der Waals surface area contributed by atoms with Crippen molar-refractivity contribution in [2.75, 3.05) is 74.3 Å². The number of hydrogen-bond donors (Lipinski definition) is 3. The van der Waals surface area contributed by atoms with E-state index in [1.807, 2.05) is 47.2 Å². The van der Waals surface area contributed by atoms with Crippen LogP contribution >= 0.6 is 11.3 Å². The van der Waals surface area contributed by atoms with Crippen LogP contribution in [0.5, 0.6) is 0 Å². The van der Waals surface area contributed by atoms with Gasteiger partial charge in [-0.3, -0.25) is 35.1 Å². The van der Waals surface area contributed by atoms with Gasteiger partial charge in [0.2, 0.25) is 16.9 Å². The molecule has 4 saturated heterocycles. The van der Waals surface area contributed by atoms with Gasteiger partial charge in [-0.1, -0.05) is 11.3 Å². The predicted octanol–water partition coefficient (Wildman–Crippen LogP) is 3.18. The molecule has 3 N–H and O–H groups in total. The highest BCUT2D eigenvalue weighted by Gasteiger charge is 2.30. The molecule has 274 valence electrons. The predicted molar refractivity (Wildman–Crippen MR) is 202 cm³/mol. The number of imide groups is 1. The Balaban J connectivity index is 0.797. The molecule has 4 aliphatic heterocycles. The number of rotatable bonds is 9. The highest BCUT2D eigenvalue weighted by atomic mass is 32.1. The van der Waals surface area contributed by atoms with E-state index in [1.165, 1.54) is 0 Å². The lowest BCUT2D eigenvalue weighted by atomic mass is 9.94. The third kappa shape index (κ3) is 7.19. The molecule has 9 rings (SSSR count). The van der Waals surface area contributed by atoms with Gasteiger partial charge in [-0.25, -0.2) is 4.52 Å². The molecular weight excluding hydrogens is 693 g/mol. The van der Waals surface area contributed by atoms with Crippen molar-refractivity contribution < 1.29 is 14.3 Å². The lowest BCUT2D eigenvalue weighted by Gasteiger charge is -2.39. The second-order valence-electron chi connectivity index (χ2n) is 14.2. The zero-order valence-electron chi connectivity index (χ0n) is 29.4. The van der Waals surface area contributed by atoms with Gasteiger partial charge in [0.1, 0.15) is 6.17 Å². The number of ether oxygens (including phenoxy) is 1. The van der Waals surface area contributed by atoms with Crippen molar-refractivity contribution in [3.8, 4) is 22.0 Å². The number of piperidine rings is 2. The molecule has 9 heterocycles. The molecule has 0 bridgehead atoms. The summed E-state index contributed by atoms with van der Waals surface area (Å²) in [7, 11) is 0. The molecule has 0 spiro atoms. The lowest BCUT2D eigenvalue weighted by Crippen LogP contribution is -2.49. The maximum Gasteiger partial charge on any atom is 0.235 e. The highest BCUT2D eigenvalue weighted by molar-refractivity contribution is 7.18. The average molecular weight is 735 g/mol. The molecule has 15 nitrogen and oxygen atoms in total. The van der Waals surface area contributed by atoms with E-state index in [0.29, 0.717) is 32.1 Å². The summed E-state index contributed by atoms with van der Waals surface area (Å²) in [6.07, 6.45) is 8.68. The number of nitrogens with one attached hydrogen (secondary N) is 3. The molecule has 0 aliphatic carbocycles. The number of pyridine rings is 2. The first kappa shape index (κ1) is 33.8. The fourth-order valence-electron chi connectivity index (χ4n) is 7.78. The molecule has 53 heavy (non-hydrogen) atoms. The zero-order valence-corrected chi connectivity index (χ0v) is 30.2. The number of fused-ring (bicyclic) bond motifs is 1. The van der Waals surface area contributed by atoms with Gasteiger partial charge in [-0.2, -0.15) is 5.10 Å². The van der Waals surface area contributed by atoms with Gasteiger partial charge in [-0.05, 0) is 67.6 Å². The van der Waals surface area contributed by atoms with Crippen molar-refractivity contribution in [3.63, 3.8) is 0 Å². The summed E-state index contributed by atoms with van der Waals surface area (Å²) >= 11 is 1.61. The van der Waals surface area contributed by atoms with Crippen LogP contribution in [0, 0.1) is 5.92 Å². The van der Waals surface area contributed by atoms with Crippen molar-refractivity contribution in [1.29, 1.82) is 0 Å². The van der Waals surface area contributed by atoms with Gasteiger partial charge in [0.15, 0.2) is 5.01 Å². The number of anilines is 3. The van der Waals surface area contributed by atoms with Crippen LogP contribution in [0.15, 0.2) is 61.1 Å². The second-order valence-corrected chi connectivity index (χ2v) is 15.1. The molecule has 16 heteroatoms. The number of carbonyl (C=O) groups excluding carboxylic acids is 2. The minimum absolute atomic E-state index is 0.0192. The van der Waals surface area contributed by atoms with Gasteiger partial charge in [-0.15, -0.1) is 10.2 Å². The number of nitrogens with zero attached hydrogens (tertiary/aromatic N) is 9. The summed E-state index contributed by atoms with van der Waals surface area (Å²) in [5, 5.41) is 25.0. The smallest absolute Gasteiger partial charge is 0.235 e. The number of amides is 2. The molecule has 4 aliphatic rings. The molecule has 0 radical (unpaired) electrons. The van der Waals surface area contributed by atoms with E-state index in [1.54, 1.807) is 17.5 Å². The van der Waals surface area contributed by atoms with Crippen LogP contribution in [0.3, 0.4) is 0 Å². The Morgan fingerprint density at radius 2 is 1.81 bits per heavy atom. The van der Waals surface area contributed by atoms with Crippen molar-refractivity contribution >= 4 is 45.2 Å². The minimum atomic E-state index is -0.350. The second kappa shape index (κ2) is 14.8. The molecule has 0 saturated carbocycles. The summed E-state index contributed by atoms with van der Waals surface area (Å²) in [6, 6.07) is 14.1. The fourth-order valence-corrected chi connectivity index (χ4v) is 8.70. The van der Waals surface area contributed by atoms with E-state index in [0.717, 1.165) is 108 Å². The van der Waals surface area contributed by atoms with E-state index < -0.39 is 0 Å². The topological polar surface area (TPSA) is 158 Å². The van der Waals surface area contributed by atoms with Crippen molar-refractivity contribution in [1.82, 2.24) is 45.3 Å². The number of hydrogen-bond acceptors (Lipinski definition) is 14. The normalized spacial score (nSPS) is 21.7. The Hall–Kier alpha value is -5.03. The molecule has 0 aromatic carbocycles. The van der Waals surface area contributed by atoms with E-state index in [4.69, 9.17) is 9.72 Å². The molecule has 2 amide bonds. The van der Waals surface area contributed by atoms with Crippen LogP contribution in [0.1, 0.15) is 37.3 Å². The van der Waals surface area contributed by atoms with E-state index in [2.05, 4.69) is 63.1 Å². The van der Waals surface area contributed by atoms with Crippen LogP contribution in [-0.2, 0) is 14.3 Å². The fraction of sp³-hybridized carbons (Fsp3) is 0.432. The molecule has 1 unspecified atom stereocenters. The molecule has 4 fully saturated rings. The van der Waals surface area contributed by atoms with Gasteiger partial charge >= 0.3 is 0 Å². The van der Waals surface area contributed by atoms with Crippen LogP contribution in [0.2, 0.25) is 0 Å². The van der Waals surface area contributed by atoms with Crippen LogP contribution in [-0.4, -0.2) is 112 Å². The minimum Gasteiger partial charge on any atom is -0.370 e. The van der Waals surface area contributed by atoms with E-state index >= 15 is 0 Å². The molecule has 5 aromatic rings. The summed E-state index contributed by atoms with van der Waals surface area (Å²) in [4.78, 5) is 40.6. The number of piperazine rings is 1. The monoisotopic (exact) mass is 734 g/mol. The standard InChI is InChI=1S/C37H42N12O3S/c50-34-8-5-27(35(51)43-34)29-6-3-26(19-38-29)47-12-9-24(10-13-47)21-46-14-16-48(17-15-46)37-45-44-36(53-37)28-20-39-31(18-30(28)42-33-22-52-23-40-33)32-7-4-25-2-1-11-41-49(25)32/h1-4,6-7,11,18-20,24,27,33,40H,5,8-10,12-17,21-23H2,(H,39,42)(H,43,50,51)/t27-,33?/m1/s1. The first-order valence-corrected chi connectivity index (χ1v) is 19.2. The summed E-state index contributed by atoms with van der Waals surface area (Å²) < 4.78 is 7.47. The first-order valence-electron chi connectivity index (χ1n) is 18.4. The molecular formula is C37H42N12O3S. The highest BCUT2D eigenvalue weighted by Crippen LogP contribution is 2.36. The van der Waals surface area contributed by atoms with Crippen molar-refractivity contribution in [2.45, 2.75) is 37.8 Å². The summed E-state index contributed by atoms with van der Waals surface area (Å²) in [5.74, 6) is -0.141.